The van der Waals surface area contributed by atoms with E-state index in [2.05, 4.69) is 38.9 Å². The van der Waals surface area contributed by atoms with Crippen molar-refractivity contribution >= 4 is 17.2 Å². The maximum atomic E-state index is 14.5. The fraction of sp³-hybridized carbons (Fsp3) is 0.553. The molecule has 3 unspecified atom stereocenters. The van der Waals surface area contributed by atoms with Gasteiger partial charge in [-0.15, -0.1) is 11.3 Å². The predicted molar refractivity (Wildman–Crippen MR) is 191 cm³/mol. The van der Waals surface area contributed by atoms with Crippen LogP contribution in [0.2, 0.25) is 0 Å². The molecular weight excluding hydrogens is 666 g/mol. The number of aromatic nitrogens is 5. The average molecular weight is 710 g/mol. The highest BCUT2D eigenvalue weighted by atomic mass is 32.1. The van der Waals surface area contributed by atoms with E-state index in [1.807, 2.05) is 19.1 Å². The molecule has 5 atom stereocenters. The molecule has 9 rings (SSSR count). The van der Waals surface area contributed by atoms with Gasteiger partial charge in [-0.3, -0.25) is 9.58 Å². The van der Waals surface area contributed by atoms with Gasteiger partial charge in [0, 0.05) is 71.8 Å². The lowest BCUT2D eigenvalue weighted by Crippen LogP contribution is -2.52. The fourth-order valence-corrected chi connectivity index (χ4v) is 10.6. The Labute approximate surface area is 301 Å². The van der Waals surface area contributed by atoms with E-state index in [4.69, 9.17) is 35.3 Å². The van der Waals surface area contributed by atoms with Gasteiger partial charge >= 0.3 is 6.01 Å². The molecule has 1 spiro atoms. The van der Waals surface area contributed by atoms with Crippen molar-refractivity contribution in [2.24, 2.45) is 17.6 Å². The van der Waals surface area contributed by atoms with Crippen molar-refractivity contribution in [2.75, 3.05) is 24.5 Å². The number of thiazole rings is 1. The highest BCUT2D eigenvalue weighted by molar-refractivity contribution is 7.13. The summed E-state index contributed by atoms with van der Waals surface area (Å²) in [5.74, 6) is 0.852. The lowest BCUT2D eigenvalue weighted by Gasteiger charge is -2.50. The van der Waals surface area contributed by atoms with Gasteiger partial charge in [0.15, 0.2) is 0 Å². The summed E-state index contributed by atoms with van der Waals surface area (Å²) in [4.78, 5) is 19.4. The summed E-state index contributed by atoms with van der Waals surface area (Å²) in [6, 6.07) is 2.71. The van der Waals surface area contributed by atoms with Crippen LogP contribution in [0.3, 0.4) is 0 Å². The smallest absolute Gasteiger partial charge is 0.323 e. The normalized spacial score (nSPS) is 30.3. The van der Waals surface area contributed by atoms with Crippen LogP contribution in [0.4, 0.5) is 10.2 Å². The molecule has 4 aliphatic heterocycles. The lowest BCUT2D eigenvalue weighted by atomic mass is 9.61. The number of hydrogen-bond acceptors (Lipinski definition) is 11. The van der Waals surface area contributed by atoms with E-state index in [1.54, 1.807) is 17.6 Å². The van der Waals surface area contributed by atoms with Crippen molar-refractivity contribution in [3.63, 3.8) is 0 Å². The molecule has 2 aliphatic carbocycles. The third-order valence-electron chi connectivity index (χ3n) is 12.2. The van der Waals surface area contributed by atoms with Crippen LogP contribution >= 0.6 is 11.3 Å². The number of alkyl halides is 1. The van der Waals surface area contributed by atoms with Crippen LogP contribution in [-0.4, -0.2) is 66.6 Å². The van der Waals surface area contributed by atoms with E-state index in [1.165, 1.54) is 0 Å². The van der Waals surface area contributed by atoms with E-state index in [9.17, 15) is 9.65 Å². The van der Waals surface area contributed by atoms with Crippen molar-refractivity contribution in [1.29, 1.82) is 5.26 Å². The van der Waals surface area contributed by atoms with Crippen LogP contribution in [0.25, 0.3) is 10.7 Å². The van der Waals surface area contributed by atoms with Gasteiger partial charge in [0.2, 0.25) is 0 Å². The first kappa shape index (κ1) is 32.8. The summed E-state index contributed by atoms with van der Waals surface area (Å²) < 4.78 is 29.9. The van der Waals surface area contributed by atoms with Crippen LogP contribution in [-0.2, 0) is 30.9 Å². The van der Waals surface area contributed by atoms with Crippen LogP contribution < -0.4 is 15.4 Å². The minimum Gasteiger partial charge on any atom is -0.432 e. The third-order valence-corrected chi connectivity index (χ3v) is 13.2. The summed E-state index contributed by atoms with van der Waals surface area (Å²) in [5, 5.41) is 18.3. The van der Waals surface area contributed by atoms with Crippen molar-refractivity contribution in [3.05, 3.63) is 69.3 Å². The topological polar surface area (TPSA) is 131 Å². The Morgan fingerprint density at radius 1 is 1.16 bits per heavy atom. The maximum absolute atomic E-state index is 14.5. The van der Waals surface area contributed by atoms with Gasteiger partial charge in [-0.25, -0.2) is 9.37 Å². The van der Waals surface area contributed by atoms with Crippen LogP contribution in [0.1, 0.15) is 73.2 Å². The number of allylic oxidation sites excluding steroid dienone is 2. The standard InChI is InChI=1S/C38H44FN9O2S/c1-23-22-51-35(42-23)33-24(2)31-20-46(12-5-14-48(31)45-33)34-28-21-50-38(10-3-6-25-7-8-29(41)27(18-40)32(25)38)17-30(28)43-36(44-34)49-15-11-37-9-4-13-47(37)19-26(39)16-37/h7-8,11,15,22,25-26,32H,3-6,9-10,12-14,16-17,19-21,41H2,1-2H3/t25?,26-,32?,37?,38+/m1/s1. The number of aryl methyl sites for hydroxylation is 2. The summed E-state index contributed by atoms with van der Waals surface area (Å²) in [7, 11) is 0. The number of hydrogen-bond donors (Lipinski definition) is 1. The minimum atomic E-state index is -0.826. The summed E-state index contributed by atoms with van der Waals surface area (Å²) >= 11 is 1.63. The first-order chi connectivity index (χ1) is 24.8. The quantitative estimate of drug-likeness (QED) is 0.323. The van der Waals surface area contributed by atoms with Crippen LogP contribution in [0.15, 0.2) is 41.1 Å². The summed E-state index contributed by atoms with van der Waals surface area (Å²) in [5.41, 5.74) is 12.7. The van der Waals surface area contributed by atoms with Crippen molar-refractivity contribution in [1.82, 2.24) is 29.6 Å². The highest BCUT2D eigenvalue weighted by Gasteiger charge is 2.52. The molecule has 13 heteroatoms. The van der Waals surface area contributed by atoms with Gasteiger partial charge in [0.05, 0.1) is 48.0 Å². The molecular formula is C38H44FN9O2S. The van der Waals surface area contributed by atoms with Gasteiger partial charge < -0.3 is 20.1 Å². The first-order valence-electron chi connectivity index (χ1n) is 18.3. The lowest BCUT2D eigenvalue weighted by molar-refractivity contribution is -0.127. The average Bonchev–Trinajstić information content (AvgIpc) is 3.83. The molecule has 2 saturated heterocycles. The highest BCUT2D eigenvalue weighted by Crippen LogP contribution is 2.51. The molecule has 3 aromatic heterocycles. The zero-order valence-corrected chi connectivity index (χ0v) is 30.1. The van der Waals surface area contributed by atoms with Gasteiger partial charge in [-0.1, -0.05) is 6.08 Å². The number of nitrogens with zero attached hydrogens (tertiary/aromatic N) is 8. The number of nitriles is 1. The molecule has 2 N–H and O–H groups in total. The first-order valence-corrected chi connectivity index (χ1v) is 19.2. The number of nitrogens with two attached hydrogens (primary N) is 1. The fourth-order valence-electron chi connectivity index (χ4n) is 9.79. The zero-order valence-electron chi connectivity index (χ0n) is 29.3. The Morgan fingerprint density at radius 3 is 2.90 bits per heavy atom. The number of halogens is 1. The Balaban J connectivity index is 1.09. The van der Waals surface area contributed by atoms with Crippen molar-refractivity contribution < 1.29 is 13.9 Å². The molecule has 51 heavy (non-hydrogen) atoms. The Hall–Kier alpha value is -4.12. The second-order valence-electron chi connectivity index (χ2n) is 15.2. The van der Waals surface area contributed by atoms with E-state index in [0.29, 0.717) is 43.8 Å². The molecule has 0 radical (unpaired) electrons. The molecule has 0 aromatic carbocycles. The van der Waals surface area contributed by atoms with E-state index in [-0.39, 0.29) is 23.4 Å². The monoisotopic (exact) mass is 709 g/mol. The van der Waals surface area contributed by atoms with Crippen LogP contribution in [0.5, 0.6) is 6.01 Å². The molecule has 0 amide bonds. The summed E-state index contributed by atoms with van der Waals surface area (Å²) in [6.07, 6.45) is 13.6. The second-order valence-corrected chi connectivity index (χ2v) is 16.1. The van der Waals surface area contributed by atoms with Crippen molar-refractivity contribution in [3.8, 4) is 22.8 Å². The number of rotatable bonds is 5. The largest absolute Gasteiger partial charge is 0.432 e. The molecule has 6 aliphatic rings. The van der Waals surface area contributed by atoms with Crippen LogP contribution in [0, 0.1) is 37.0 Å². The maximum Gasteiger partial charge on any atom is 0.323 e. The number of fused-ring (bicyclic) bond motifs is 5. The molecule has 11 nitrogen and oxygen atoms in total. The molecule has 3 aromatic rings. The molecule has 266 valence electrons. The Morgan fingerprint density at radius 2 is 2.06 bits per heavy atom. The van der Waals surface area contributed by atoms with E-state index >= 15 is 0 Å². The summed E-state index contributed by atoms with van der Waals surface area (Å²) in [6.45, 7) is 8.06. The minimum absolute atomic E-state index is 0.136. The van der Waals surface area contributed by atoms with E-state index in [0.717, 1.165) is 103 Å². The van der Waals surface area contributed by atoms with Gasteiger partial charge in [0.25, 0.3) is 0 Å². The molecule has 0 bridgehead atoms. The zero-order chi connectivity index (χ0) is 34.9. The molecule has 7 heterocycles. The SMILES string of the molecule is Cc1csc(-c2nn3c(c2C)CN(c2nc(OC=CC45CCCN4C[C@H](F)C5)nc4c2CO[C@@]2(CCCC5C=CC(N)=C(C#N)C52)C4)CCC3)n1. The van der Waals surface area contributed by atoms with E-state index < -0.39 is 11.8 Å². The molecule has 1 saturated carbocycles. The predicted octanol–water partition coefficient (Wildman–Crippen LogP) is 5.83. The van der Waals surface area contributed by atoms with Gasteiger partial charge in [0.1, 0.15) is 22.7 Å². The van der Waals surface area contributed by atoms with Gasteiger partial charge in [-0.2, -0.15) is 20.3 Å². The van der Waals surface area contributed by atoms with Gasteiger partial charge in [-0.05, 0) is 77.0 Å². The number of anilines is 1. The number of ether oxygens (including phenoxy) is 2. The molecule has 3 fully saturated rings. The third kappa shape index (κ3) is 5.49. The second kappa shape index (κ2) is 12.5. The Bertz CT molecular complexity index is 2010. The van der Waals surface area contributed by atoms with Crippen molar-refractivity contribution in [2.45, 2.75) is 102 Å². The Kier molecular flexibility index (Phi) is 8.05.